The molecule has 6 heteroatoms. The highest BCUT2D eigenvalue weighted by Gasteiger charge is 2.08. The van der Waals surface area contributed by atoms with E-state index in [0.29, 0.717) is 0 Å². The van der Waals surface area contributed by atoms with Gasteiger partial charge in [0.2, 0.25) is 0 Å². The molecule has 0 saturated heterocycles. The Kier molecular flexibility index (Phi) is 4.04. The summed E-state index contributed by atoms with van der Waals surface area (Å²) in [5.41, 5.74) is 2.94. The monoisotopic (exact) mass is 430 g/mol. The summed E-state index contributed by atoms with van der Waals surface area (Å²) < 4.78 is 3.16. The number of nitrogens with one attached hydrogen (secondary N) is 1. The molecule has 0 radical (unpaired) electrons. The van der Waals surface area contributed by atoms with Crippen LogP contribution in [0.4, 0.5) is 10.8 Å². The maximum Gasteiger partial charge on any atom is 0.188 e. The summed E-state index contributed by atoms with van der Waals surface area (Å²) in [7, 11) is 0. The van der Waals surface area contributed by atoms with Gasteiger partial charge in [0.15, 0.2) is 5.13 Å². The summed E-state index contributed by atoms with van der Waals surface area (Å²) >= 11 is 14.8. The number of thiazole rings is 1. The molecule has 0 spiro atoms. The van der Waals surface area contributed by atoms with E-state index >= 15 is 0 Å². The van der Waals surface area contributed by atoms with E-state index in [0.717, 1.165) is 40.6 Å². The number of halogens is 3. The van der Waals surface area contributed by atoms with Crippen LogP contribution in [0.5, 0.6) is 0 Å². The van der Waals surface area contributed by atoms with E-state index in [9.17, 15) is 0 Å². The molecule has 0 fully saturated rings. The third-order valence-electron chi connectivity index (χ3n) is 2.84. The van der Waals surface area contributed by atoms with Crippen molar-refractivity contribution in [3.63, 3.8) is 0 Å². The Bertz CT molecular complexity index is 801. The average Bonchev–Trinajstić information content (AvgIpc) is 2.77. The van der Waals surface area contributed by atoms with E-state index in [1.54, 1.807) is 11.3 Å². The van der Waals surface area contributed by atoms with E-state index in [-0.39, 0.29) is 0 Å². The maximum absolute atomic E-state index is 6.17. The number of rotatable bonds is 2. The highest BCUT2D eigenvalue weighted by molar-refractivity contribution is 9.10. The van der Waals surface area contributed by atoms with Crippen LogP contribution in [0, 0.1) is 6.92 Å². The van der Waals surface area contributed by atoms with Gasteiger partial charge in [-0.3, -0.25) is 0 Å². The van der Waals surface area contributed by atoms with Gasteiger partial charge >= 0.3 is 0 Å². The maximum atomic E-state index is 6.17. The quantitative estimate of drug-likeness (QED) is 0.498. The first kappa shape index (κ1) is 14.3. The van der Waals surface area contributed by atoms with E-state index in [1.165, 1.54) is 0 Å². The van der Waals surface area contributed by atoms with Crippen molar-refractivity contribution < 1.29 is 0 Å². The highest BCUT2D eigenvalue weighted by Crippen LogP contribution is 2.34. The Balaban J connectivity index is 1.99. The van der Waals surface area contributed by atoms with Crippen LogP contribution in [-0.4, -0.2) is 4.98 Å². The Morgan fingerprint density at radius 3 is 2.80 bits per heavy atom. The molecule has 2 aromatic carbocycles. The Morgan fingerprint density at radius 2 is 2.00 bits per heavy atom. The van der Waals surface area contributed by atoms with Crippen molar-refractivity contribution >= 4 is 75.8 Å². The van der Waals surface area contributed by atoms with Gasteiger partial charge in [-0.25, -0.2) is 4.98 Å². The number of fused-ring (bicyclic) bond motifs is 1. The first-order valence-corrected chi connectivity index (χ1v) is 8.60. The summed E-state index contributed by atoms with van der Waals surface area (Å²) in [5, 5.41) is 4.89. The second-order valence-corrected chi connectivity index (χ2v) is 7.55. The molecule has 0 amide bonds. The van der Waals surface area contributed by atoms with Crippen molar-refractivity contribution in [2.24, 2.45) is 0 Å². The van der Waals surface area contributed by atoms with Crippen LogP contribution in [0.1, 0.15) is 5.56 Å². The molecule has 1 N–H and O–H groups in total. The van der Waals surface area contributed by atoms with E-state index in [1.807, 2.05) is 31.2 Å². The third-order valence-corrected chi connectivity index (χ3v) is 5.33. The highest BCUT2D eigenvalue weighted by atomic mass is 79.9. The van der Waals surface area contributed by atoms with Crippen LogP contribution >= 0.6 is 54.8 Å². The molecule has 0 bridgehead atoms. The van der Waals surface area contributed by atoms with Gasteiger partial charge in [0.25, 0.3) is 0 Å². The number of nitrogens with zero attached hydrogens (tertiary/aromatic N) is 1. The fraction of sp³-hybridized carbons (Fsp3) is 0.0714. The summed E-state index contributed by atoms with van der Waals surface area (Å²) in [6.07, 6.45) is 0. The zero-order chi connectivity index (χ0) is 14.3. The minimum absolute atomic E-state index is 0.736. The largest absolute Gasteiger partial charge is 0.331 e. The molecule has 0 aliphatic carbocycles. The van der Waals surface area contributed by atoms with Crippen LogP contribution in [-0.2, 0) is 0 Å². The normalized spacial score (nSPS) is 11.0. The standard InChI is InChI=1S/C14H9Br2ClN2S/c1-7-4-9(16)12(6-10(7)17)19-14-18-11-3-2-8(15)5-13(11)20-14/h2-6H,1H3,(H,18,19). The van der Waals surface area contributed by atoms with Gasteiger partial charge in [0, 0.05) is 14.0 Å². The van der Waals surface area contributed by atoms with E-state index in [4.69, 9.17) is 11.6 Å². The number of hydrogen-bond donors (Lipinski definition) is 1. The topological polar surface area (TPSA) is 24.9 Å². The number of anilines is 2. The van der Waals surface area contributed by atoms with Gasteiger partial charge in [-0.15, -0.1) is 0 Å². The predicted octanol–water partition coefficient (Wildman–Crippen LogP) is 6.53. The van der Waals surface area contributed by atoms with Crippen molar-refractivity contribution in [3.8, 4) is 0 Å². The van der Waals surface area contributed by atoms with E-state index in [2.05, 4.69) is 48.2 Å². The van der Waals surface area contributed by atoms with Gasteiger partial charge in [-0.2, -0.15) is 0 Å². The van der Waals surface area contributed by atoms with Gasteiger partial charge < -0.3 is 5.32 Å². The van der Waals surface area contributed by atoms with Gasteiger partial charge in [0.1, 0.15) is 0 Å². The number of hydrogen-bond acceptors (Lipinski definition) is 3. The molecule has 1 aromatic heterocycles. The number of aromatic nitrogens is 1. The molecular formula is C14H9Br2ClN2S. The molecule has 20 heavy (non-hydrogen) atoms. The first-order valence-electron chi connectivity index (χ1n) is 5.82. The zero-order valence-corrected chi connectivity index (χ0v) is 15.1. The van der Waals surface area contributed by atoms with Gasteiger partial charge in [-0.05, 0) is 58.7 Å². The summed E-state index contributed by atoms with van der Waals surface area (Å²) in [6, 6.07) is 9.95. The summed E-state index contributed by atoms with van der Waals surface area (Å²) in [4.78, 5) is 4.56. The SMILES string of the molecule is Cc1cc(Br)c(Nc2nc3ccc(Br)cc3s2)cc1Cl. The van der Waals surface area contributed by atoms with E-state index < -0.39 is 0 Å². The van der Waals surface area contributed by atoms with Gasteiger partial charge in [-0.1, -0.05) is 38.9 Å². The minimum atomic E-state index is 0.736. The molecule has 102 valence electrons. The molecule has 0 atom stereocenters. The second kappa shape index (κ2) is 5.64. The predicted molar refractivity (Wildman–Crippen MR) is 94.5 cm³/mol. The Morgan fingerprint density at radius 1 is 1.20 bits per heavy atom. The molecule has 1 heterocycles. The molecule has 3 rings (SSSR count). The zero-order valence-electron chi connectivity index (χ0n) is 10.4. The lowest BCUT2D eigenvalue weighted by Crippen LogP contribution is -1.91. The molecule has 0 unspecified atom stereocenters. The molecular weight excluding hydrogens is 423 g/mol. The van der Waals surface area contributed by atoms with Crippen molar-refractivity contribution in [1.82, 2.24) is 4.98 Å². The van der Waals surface area contributed by atoms with Crippen LogP contribution in [0.3, 0.4) is 0 Å². The van der Waals surface area contributed by atoms with Crippen molar-refractivity contribution in [1.29, 1.82) is 0 Å². The number of aryl methyl sites for hydroxylation is 1. The Hall–Kier alpha value is -0.620. The molecule has 0 aliphatic heterocycles. The second-order valence-electron chi connectivity index (χ2n) is 4.34. The molecule has 3 aromatic rings. The third kappa shape index (κ3) is 2.86. The Labute approximate surface area is 142 Å². The van der Waals surface area contributed by atoms with Crippen molar-refractivity contribution in [2.75, 3.05) is 5.32 Å². The molecule has 0 aliphatic rings. The average molecular weight is 433 g/mol. The van der Waals surface area contributed by atoms with Crippen LogP contribution < -0.4 is 5.32 Å². The smallest absolute Gasteiger partial charge is 0.188 e. The fourth-order valence-electron chi connectivity index (χ4n) is 1.81. The molecule has 0 saturated carbocycles. The summed E-state index contributed by atoms with van der Waals surface area (Å²) in [6.45, 7) is 1.98. The number of benzene rings is 2. The van der Waals surface area contributed by atoms with Crippen LogP contribution in [0.25, 0.3) is 10.2 Å². The lowest BCUT2D eigenvalue weighted by atomic mass is 10.2. The lowest BCUT2D eigenvalue weighted by Gasteiger charge is -2.07. The van der Waals surface area contributed by atoms with Crippen LogP contribution in [0.2, 0.25) is 5.02 Å². The minimum Gasteiger partial charge on any atom is -0.331 e. The molecule has 2 nitrogen and oxygen atoms in total. The summed E-state index contributed by atoms with van der Waals surface area (Å²) in [5.74, 6) is 0. The lowest BCUT2D eigenvalue weighted by molar-refractivity contribution is 1.40. The van der Waals surface area contributed by atoms with Crippen molar-refractivity contribution in [3.05, 3.63) is 49.9 Å². The van der Waals surface area contributed by atoms with Crippen molar-refractivity contribution in [2.45, 2.75) is 6.92 Å². The first-order chi connectivity index (χ1) is 9.52. The van der Waals surface area contributed by atoms with Crippen LogP contribution in [0.15, 0.2) is 39.3 Å². The van der Waals surface area contributed by atoms with Gasteiger partial charge in [0.05, 0.1) is 15.9 Å². The fourth-order valence-corrected chi connectivity index (χ4v) is 3.96.